The smallest absolute Gasteiger partial charge is 0.125 e. The largest absolute Gasteiger partial charge is 0.496 e. The van der Waals surface area contributed by atoms with Crippen LogP contribution in [0.15, 0.2) is 12.1 Å². The van der Waals surface area contributed by atoms with E-state index in [1.165, 1.54) is 30.5 Å². The van der Waals surface area contributed by atoms with Crippen molar-refractivity contribution in [2.45, 2.75) is 65.0 Å². The summed E-state index contributed by atoms with van der Waals surface area (Å²) in [6, 6.07) is 4.46. The summed E-state index contributed by atoms with van der Waals surface area (Å²) in [5.41, 5.74) is 9.94. The zero-order valence-corrected chi connectivity index (χ0v) is 14.2. The van der Waals surface area contributed by atoms with Crippen LogP contribution < -0.4 is 15.4 Å². The van der Waals surface area contributed by atoms with Crippen LogP contribution in [0.3, 0.4) is 0 Å². The van der Waals surface area contributed by atoms with E-state index in [1.807, 2.05) is 0 Å². The van der Waals surface area contributed by atoms with E-state index in [4.69, 9.17) is 10.5 Å². The van der Waals surface area contributed by atoms with Crippen LogP contribution in [-0.4, -0.2) is 19.2 Å². The Balaban J connectivity index is 2.52. The highest BCUT2D eigenvalue weighted by Crippen LogP contribution is 2.45. The fraction of sp³-hybridized carbons (Fsp3) is 0.667. The number of unbranched alkanes of at least 4 members (excludes halogenated alkanes) is 1. The first-order valence-corrected chi connectivity index (χ1v) is 8.13. The molecule has 0 saturated carbocycles. The van der Waals surface area contributed by atoms with Crippen molar-refractivity contribution < 1.29 is 4.74 Å². The van der Waals surface area contributed by atoms with Gasteiger partial charge in [0.25, 0.3) is 0 Å². The van der Waals surface area contributed by atoms with Crippen LogP contribution >= 0.6 is 0 Å². The standard InChI is InChI=1S/C18H30N2O/c1-6-7-8-20-16-10-17(21-5)14(12-19)9-15(16)13(2)11-18(20,3)4/h9-10,13H,6-8,11-12,19H2,1-5H3. The van der Waals surface area contributed by atoms with E-state index >= 15 is 0 Å². The SMILES string of the molecule is CCCCN1c2cc(OC)c(CN)cc2C(C)CC1(C)C. The van der Waals surface area contributed by atoms with Crippen LogP contribution in [-0.2, 0) is 6.54 Å². The summed E-state index contributed by atoms with van der Waals surface area (Å²) < 4.78 is 5.55. The first-order chi connectivity index (χ1) is 9.94. The Morgan fingerprint density at radius 3 is 2.67 bits per heavy atom. The van der Waals surface area contributed by atoms with E-state index in [0.29, 0.717) is 12.5 Å². The molecule has 3 nitrogen and oxygen atoms in total. The van der Waals surface area contributed by atoms with Crippen molar-refractivity contribution in [3.63, 3.8) is 0 Å². The summed E-state index contributed by atoms with van der Waals surface area (Å²) in [5, 5.41) is 0. The number of benzene rings is 1. The number of nitrogens with zero attached hydrogens (tertiary/aromatic N) is 1. The van der Waals surface area contributed by atoms with Crippen LogP contribution in [0.25, 0.3) is 0 Å². The number of hydrogen-bond acceptors (Lipinski definition) is 3. The van der Waals surface area contributed by atoms with Crippen molar-refractivity contribution in [2.24, 2.45) is 5.73 Å². The molecule has 2 rings (SSSR count). The molecule has 0 bridgehead atoms. The predicted molar refractivity (Wildman–Crippen MR) is 90.3 cm³/mol. The average Bonchev–Trinajstić information content (AvgIpc) is 2.45. The fourth-order valence-corrected chi connectivity index (χ4v) is 3.65. The Bertz CT molecular complexity index is 496. The maximum Gasteiger partial charge on any atom is 0.125 e. The summed E-state index contributed by atoms with van der Waals surface area (Å²) in [4.78, 5) is 2.56. The summed E-state index contributed by atoms with van der Waals surface area (Å²) in [6.07, 6.45) is 3.62. The molecule has 1 aliphatic heterocycles. The summed E-state index contributed by atoms with van der Waals surface area (Å²) in [6.45, 7) is 10.9. The second kappa shape index (κ2) is 6.27. The highest BCUT2D eigenvalue weighted by molar-refractivity contribution is 5.64. The van der Waals surface area contributed by atoms with Crippen molar-refractivity contribution in [1.29, 1.82) is 0 Å². The Morgan fingerprint density at radius 1 is 1.38 bits per heavy atom. The van der Waals surface area contributed by atoms with Gasteiger partial charge in [0.1, 0.15) is 5.75 Å². The quantitative estimate of drug-likeness (QED) is 0.889. The summed E-state index contributed by atoms with van der Waals surface area (Å²) in [5.74, 6) is 1.48. The molecule has 0 aromatic heterocycles. The third-order valence-electron chi connectivity index (χ3n) is 4.74. The highest BCUT2D eigenvalue weighted by Gasteiger charge is 2.36. The fourth-order valence-electron chi connectivity index (χ4n) is 3.65. The van der Waals surface area contributed by atoms with Gasteiger partial charge in [-0.3, -0.25) is 0 Å². The maximum atomic E-state index is 5.88. The Kier molecular flexibility index (Phi) is 4.82. The molecule has 118 valence electrons. The van der Waals surface area contributed by atoms with Gasteiger partial charge in [-0.1, -0.05) is 20.3 Å². The molecule has 1 atom stereocenters. The molecule has 2 N–H and O–H groups in total. The third kappa shape index (κ3) is 3.03. The van der Waals surface area contributed by atoms with Crippen LogP contribution in [0.1, 0.15) is 64.0 Å². The van der Waals surface area contributed by atoms with Crippen molar-refractivity contribution in [1.82, 2.24) is 0 Å². The minimum Gasteiger partial charge on any atom is -0.496 e. The molecule has 0 saturated heterocycles. The topological polar surface area (TPSA) is 38.5 Å². The van der Waals surface area contributed by atoms with Crippen molar-refractivity contribution in [3.8, 4) is 5.75 Å². The summed E-state index contributed by atoms with van der Waals surface area (Å²) in [7, 11) is 1.73. The summed E-state index contributed by atoms with van der Waals surface area (Å²) >= 11 is 0. The van der Waals surface area contributed by atoms with Crippen LogP contribution in [0.5, 0.6) is 5.75 Å². The monoisotopic (exact) mass is 290 g/mol. The van der Waals surface area contributed by atoms with Crippen LogP contribution in [0.4, 0.5) is 5.69 Å². The van der Waals surface area contributed by atoms with Crippen molar-refractivity contribution in [2.75, 3.05) is 18.6 Å². The van der Waals surface area contributed by atoms with Gasteiger partial charge in [-0.05, 0) is 44.2 Å². The molecule has 0 aliphatic carbocycles. The molecule has 1 aromatic rings. The van der Waals surface area contributed by atoms with Gasteiger partial charge in [0.05, 0.1) is 7.11 Å². The Morgan fingerprint density at radius 2 is 2.10 bits per heavy atom. The van der Waals surface area contributed by atoms with E-state index in [0.717, 1.165) is 17.9 Å². The molecule has 0 radical (unpaired) electrons. The predicted octanol–water partition coefficient (Wildman–Crippen LogP) is 4.05. The zero-order chi connectivity index (χ0) is 15.6. The molecule has 0 fully saturated rings. The van der Waals surface area contributed by atoms with E-state index in [2.05, 4.69) is 44.7 Å². The van der Waals surface area contributed by atoms with Crippen molar-refractivity contribution >= 4 is 5.69 Å². The van der Waals surface area contributed by atoms with Gasteiger partial charge < -0.3 is 15.4 Å². The molecule has 1 aliphatic rings. The van der Waals surface area contributed by atoms with Gasteiger partial charge in [-0.25, -0.2) is 0 Å². The van der Waals surface area contributed by atoms with Crippen LogP contribution in [0.2, 0.25) is 0 Å². The lowest BCUT2D eigenvalue weighted by Gasteiger charge is -2.48. The molecule has 21 heavy (non-hydrogen) atoms. The minimum absolute atomic E-state index is 0.191. The second-order valence-electron chi connectivity index (χ2n) is 6.85. The minimum atomic E-state index is 0.191. The molecular weight excluding hydrogens is 260 g/mol. The number of methoxy groups -OCH3 is 1. The van der Waals surface area contributed by atoms with Gasteiger partial charge >= 0.3 is 0 Å². The number of anilines is 1. The number of fused-ring (bicyclic) bond motifs is 1. The van der Waals surface area contributed by atoms with Crippen molar-refractivity contribution in [3.05, 3.63) is 23.3 Å². The lowest BCUT2D eigenvalue weighted by molar-refractivity contribution is 0.370. The van der Waals surface area contributed by atoms with Gasteiger partial charge in [0, 0.05) is 35.9 Å². The first-order valence-electron chi connectivity index (χ1n) is 8.13. The zero-order valence-electron chi connectivity index (χ0n) is 14.2. The molecule has 0 spiro atoms. The number of nitrogens with two attached hydrogens (primary N) is 1. The second-order valence-corrected chi connectivity index (χ2v) is 6.85. The third-order valence-corrected chi connectivity index (χ3v) is 4.74. The van der Waals surface area contributed by atoms with E-state index in [9.17, 15) is 0 Å². The maximum absolute atomic E-state index is 5.88. The van der Waals surface area contributed by atoms with Gasteiger partial charge in [0.15, 0.2) is 0 Å². The van der Waals surface area contributed by atoms with E-state index in [-0.39, 0.29) is 5.54 Å². The number of rotatable bonds is 5. The molecule has 1 aromatic carbocycles. The number of hydrogen-bond donors (Lipinski definition) is 1. The number of ether oxygens (including phenoxy) is 1. The lowest BCUT2D eigenvalue weighted by Crippen LogP contribution is -2.48. The Hall–Kier alpha value is -1.22. The first kappa shape index (κ1) is 16.2. The normalized spacial score (nSPS) is 20.3. The molecular formula is C18H30N2O. The molecule has 1 unspecified atom stereocenters. The van der Waals surface area contributed by atoms with Gasteiger partial charge in [-0.2, -0.15) is 0 Å². The van der Waals surface area contributed by atoms with Crippen LogP contribution in [0, 0.1) is 0 Å². The van der Waals surface area contributed by atoms with Gasteiger partial charge in [0.2, 0.25) is 0 Å². The van der Waals surface area contributed by atoms with E-state index in [1.54, 1.807) is 7.11 Å². The molecule has 3 heteroatoms. The average molecular weight is 290 g/mol. The Labute approximate surface area is 129 Å². The lowest BCUT2D eigenvalue weighted by atomic mass is 9.79. The molecule has 0 amide bonds. The highest BCUT2D eigenvalue weighted by atomic mass is 16.5. The molecule has 1 heterocycles. The van der Waals surface area contributed by atoms with E-state index < -0.39 is 0 Å². The van der Waals surface area contributed by atoms with Gasteiger partial charge in [-0.15, -0.1) is 0 Å².